The minimum atomic E-state index is -0.823. The molecule has 0 aliphatic rings. The van der Waals surface area contributed by atoms with E-state index in [2.05, 4.69) is 15.5 Å². The smallest absolute Gasteiger partial charge is 0.234 e. The molecule has 1 aromatic heterocycles. The lowest BCUT2D eigenvalue weighted by atomic mass is 10.0. The molecular weight excluding hydrogens is 360 g/mol. The van der Waals surface area contributed by atoms with Gasteiger partial charge in [-0.3, -0.25) is 4.79 Å². The molecule has 3 rings (SSSR count). The van der Waals surface area contributed by atoms with Crippen molar-refractivity contribution in [2.75, 3.05) is 11.1 Å². The van der Waals surface area contributed by atoms with E-state index in [-0.39, 0.29) is 17.0 Å². The van der Waals surface area contributed by atoms with Crippen LogP contribution in [-0.4, -0.2) is 21.8 Å². The van der Waals surface area contributed by atoms with Crippen molar-refractivity contribution >= 4 is 23.4 Å². The largest absolute Gasteiger partial charge is 0.340 e. The molecule has 1 heterocycles. The van der Waals surface area contributed by atoms with E-state index in [0.29, 0.717) is 23.0 Å². The third kappa shape index (κ3) is 4.45. The molecule has 0 unspecified atom stereocenters. The fourth-order valence-corrected chi connectivity index (χ4v) is 3.02. The maximum atomic E-state index is 14.3. The van der Waals surface area contributed by atoms with E-state index in [1.54, 1.807) is 37.3 Å². The fourth-order valence-electron chi connectivity index (χ4n) is 2.36. The number of carbonyl (C=O) groups excluding carboxylic acids is 1. The molecule has 0 radical (unpaired) electrons. The molecule has 0 atom stereocenters. The van der Waals surface area contributed by atoms with Crippen molar-refractivity contribution in [3.05, 3.63) is 65.8 Å². The Morgan fingerprint density at radius 3 is 2.69 bits per heavy atom. The van der Waals surface area contributed by atoms with Crippen molar-refractivity contribution in [2.45, 2.75) is 12.7 Å². The zero-order valence-electron chi connectivity index (χ0n) is 13.8. The van der Waals surface area contributed by atoms with Gasteiger partial charge in [-0.1, -0.05) is 35.5 Å². The second kappa shape index (κ2) is 8.09. The number of thioether (sulfide) groups is 1. The summed E-state index contributed by atoms with van der Waals surface area (Å²) in [7, 11) is 0. The van der Waals surface area contributed by atoms with Crippen molar-refractivity contribution in [3.63, 3.8) is 0 Å². The Morgan fingerprint density at radius 2 is 2.00 bits per heavy atom. The van der Waals surface area contributed by atoms with E-state index >= 15 is 0 Å². The number of anilines is 1. The number of aryl methyl sites for hydroxylation is 1. The number of nitrogens with one attached hydrogen (secondary N) is 1. The number of hydrogen-bond donors (Lipinski definition) is 1. The predicted molar refractivity (Wildman–Crippen MR) is 95.6 cm³/mol. The average Bonchev–Trinajstić information content (AvgIpc) is 3.03. The van der Waals surface area contributed by atoms with Crippen LogP contribution in [0.15, 0.2) is 47.0 Å². The summed E-state index contributed by atoms with van der Waals surface area (Å²) in [6.45, 7) is 1.68. The normalized spacial score (nSPS) is 10.7. The quantitative estimate of drug-likeness (QED) is 0.699. The number of benzene rings is 2. The molecule has 2 aromatic carbocycles. The molecule has 1 amide bonds. The minimum Gasteiger partial charge on any atom is -0.340 e. The van der Waals surface area contributed by atoms with Gasteiger partial charge in [0.05, 0.1) is 17.2 Å². The molecule has 3 aromatic rings. The van der Waals surface area contributed by atoms with E-state index < -0.39 is 17.5 Å². The first-order valence-corrected chi connectivity index (χ1v) is 8.89. The molecule has 26 heavy (non-hydrogen) atoms. The lowest BCUT2D eigenvalue weighted by molar-refractivity contribution is -0.113. The molecule has 1 N–H and O–H groups in total. The predicted octanol–water partition coefficient (Wildman–Crippen LogP) is 4.20. The molecule has 0 aliphatic heterocycles. The van der Waals surface area contributed by atoms with Crippen LogP contribution in [0.5, 0.6) is 0 Å². The lowest BCUT2D eigenvalue weighted by Crippen LogP contribution is -2.16. The lowest BCUT2D eigenvalue weighted by Gasteiger charge is -2.13. The van der Waals surface area contributed by atoms with Crippen LogP contribution in [0.1, 0.15) is 11.7 Å². The van der Waals surface area contributed by atoms with E-state index in [4.69, 9.17) is 4.52 Å². The van der Waals surface area contributed by atoms with Crippen LogP contribution in [0.3, 0.4) is 0 Å². The minimum absolute atomic E-state index is 0.0430. The third-order valence-corrected chi connectivity index (χ3v) is 4.37. The van der Waals surface area contributed by atoms with E-state index in [9.17, 15) is 13.6 Å². The van der Waals surface area contributed by atoms with Crippen LogP contribution < -0.4 is 5.32 Å². The van der Waals surface area contributed by atoms with E-state index in [1.165, 1.54) is 17.8 Å². The van der Waals surface area contributed by atoms with Gasteiger partial charge in [-0.05, 0) is 11.6 Å². The second-order valence-electron chi connectivity index (χ2n) is 5.45. The van der Waals surface area contributed by atoms with E-state index in [1.807, 2.05) is 0 Å². The highest BCUT2D eigenvalue weighted by Gasteiger charge is 2.16. The van der Waals surface area contributed by atoms with Gasteiger partial charge in [0.1, 0.15) is 11.6 Å². The van der Waals surface area contributed by atoms with Gasteiger partial charge in [-0.25, -0.2) is 8.78 Å². The van der Waals surface area contributed by atoms with Gasteiger partial charge >= 0.3 is 0 Å². The molecule has 0 spiro atoms. The standard InChI is InChI=1S/C18H15F2N3O2S/c1-11-21-16(23-25-11)9-26-10-17(24)22-18-14(7-13(19)8-15(18)20)12-5-3-2-4-6-12/h2-8H,9-10H2,1H3,(H,22,24). The number of amides is 1. The zero-order valence-corrected chi connectivity index (χ0v) is 14.6. The third-order valence-electron chi connectivity index (χ3n) is 3.44. The van der Waals surface area contributed by atoms with Crippen molar-refractivity contribution in [1.29, 1.82) is 0 Å². The summed E-state index contributed by atoms with van der Waals surface area (Å²) in [5.41, 5.74) is 0.852. The van der Waals surface area contributed by atoms with Gasteiger partial charge in [0, 0.05) is 18.6 Å². The van der Waals surface area contributed by atoms with Crippen molar-refractivity contribution in [1.82, 2.24) is 10.1 Å². The summed E-state index contributed by atoms with van der Waals surface area (Å²) in [4.78, 5) is 16.2. The topological polar surface area (TPSA) is 68.0 Å². The molecule has 0 fully saturated rings. The Hall–Kier alpha value is -2.74. The Labute approximate surface area is 152 Å². The molecular formula is C18H15F2N3O2S. The summed E-state index contributed by atoms with van der Waals surface area (Å²) in [6, 6.07) is 10.7. The molecule has 0 bridgehead atoms. The Balaban J connectivity index is 1.71. The van der Waals surface area contributed by atoms with Gasteiger partial charge in [0.25, 0.3) is 0 Å². The summed E-state index contributed by atoms with van der Waals surface area (Å²) in [5, 5.41) is 6.26. The van der Waals surface area contributed by atoms with Crippen LogP contribution in [0.25, 0.3) is 11.1 Å². The SMILES string of the molecule is Cc1nc(CSCC(=O)Nc2c(F)cc(F)cc2-c2ccccc2)no1. The van der Waals surface area contributed by atoms with Crippen LogP contribution in [0.2, 0.25) is 0 Å². The molecule has 134 valence electrons. The summed E-state index contributed by atoms with van der Waals surface area (Å²) < 4.78 is 32.7. The van der Waals surface area contributed by atoms with Gasteiger partial charge in [-0.2, -0.15) is 4.98 Å². The first-order chi connectivity index (χ1) is 12.5. The monoisotopic (exact) mass is 375 g/mol. The first-order valence-electron chi connectivity index (χ1n) is 7.74. The Bertz CT molecular complexity index is 916. The van der Waals surface area contributed by atoms with Crippen molar-refractivity contribution < 1.29 is 18.1 Å². The number of halogens is 2. The number of aromatic nitrogens is 2. The van der Waals surface area contributed by atoms with Gasteiger partial charge in [-0.15, -0.1) is 11.8 Å². The summed E-state index contributed by atoms with van der Waals surface area (Å²) >= 11 is 1.26. The highest BCUT2D eigenvalue weighted by Crippen LogP contribution is 2.31. The van der Waals surface area contributed by atoms with Crippen molar-refractivity contribution in [2.24, 2.45) is 0 Å². The molecule has 0 saturated heterocycles. The summed E-state index contributed by atoms with van der Waals surface area (Å²) in [5.74, 6) is -0.542. The fraction of sp³-hybridized carbons (Fsp3) is 0.167. The second-order valence-corrected chi connectivity index (χ2v) is 6.43. The maximum absolute atomic E-state index is 14.3. The van der Waals surface area contributed by atoms with Crippen LogP contribution in [0.4, 0.5) is 14.5 Å². The van der Waals surface area contributed by atoms with Crippen LogP contribution >= 0.6 is 11.8 Å². The van der Waals surface area contributed by atoms with Gasteiger partial charge in [0.15, 0.2) is 5.82 Å². The first kappa shape index (κ1) is 18.1. The Morgan fingerprint density at radius 1 is 1.23 bits per heavy atom. The van der Waals surface area contributed by atoms with Crippen LogP contribution in [0, 0.1) is 18.6 Å². The summed E-state index contributed by atoms with van der Waals surface area (Å²) in [6.07, 6.45) is 0. The number of hydrogen-bond acceptors (Lipinski definition) is 5. The van der Waals surface area contributed by atoms with Crippen molar-refractivity contribution in [3.8, 4) is 11.1 Å². The number of nitrogens with zero attached hydrogens (tertiary/aromatic N) is 2. The zero-order chi connectivity index (χ0) is 18.5. The highest BCUT2D eigenvalue weighted by atomic mass is 32.2. The highest BCUT2D eigenvalue weighted by molar-refractivity contribution is 7.99. The number of carbonyl (C=O) groups is 1. The maximum Gasteiger partial charge on any atom is 0.234 e. The Kier molecular flexibility index (Phi) is 5.62. The van der Waals surface area contributed by atoms with Gasteiger partial charge < -0.3 is 9.84 Å². The van der Waals surface area contributed by atoms with Crippen LogP contribution in [-0.2, 0) is 10.5 Å². The molecule has 5 nitrogen and oxygen atoms in total. The van der Waals surface area contributed by atoms with Gasteiger partial charge in [0.2, 0.25) is 11.8 Å². The molecule has 0 aliphatic carbocycles. The average molecular weight is 375 g/mol. The molecule has 0 saturated carbocycles. The van der Waals surface area contributed by atoms with E-state index in [0.717, 1.165) is 6.07 Å². The molecule has 8 heteroatoms. The number of rotatable bonds is 6.